The lowest BCUT2D eigenvalue weighted by Gasteiger charge is -2.34. The Kier molecular flexibility index (Phi) is 6.93. The van der Waals surface area contributed by atoms with Gasteiger partial charge >= 0.3 is 0 Å². The molecule has 1 aromatic heterocycles. The summed E-state index contributed by atoms with van der Waals surface area (Å²) in [5, 5.41) is 8.53. The molecule has 1 fully saturated rings. The molecule has 1 N–H and O–H groups in total. The van der Waals surface area contributed by atoms with E-state index < -0.39 is 10.0 Å². The number of ether oxygens (including phenoxy) is 2. The van der Waals surface area contributed by atoms with Gasteiger partial charge in [0.2, 0.25) is 10.0 Å². The first-order valence-electron chi connectivity index (χ1n) is 9.85. The molecule has 30 heavy (non-hydrogen) atoms. The largest absolute Gasteiger partial charge is 0.350 e. The van der Waals surface area contributed by atoms with E-state index >= 15 is 0 Å². The fourth-order valence-corrected chi connectivity index (χ4v) is 3.36. The van der Waals surface area contributed by atoms with Gasteiger partial charge in [-0.3, -0.25) is 0 Å². The van der Waals surface area contributed by atoms with Crippen molar-refractivity contribution >= 4 is 10.0 Å². The Labute approximate surface area is 178 Å². The Hall–Kier alpha value is -2.25. The van der Waals surface area contributed by atoms with E-state index in [4.69, 9.17) is 9.47 Å². The molecule has 2 aromatic rings. The van der Waals surface area contributed by atoms with Crippen molar-refractivity contribution in [3.05, 3.63) is 35.5 Å². The number of hydrogen-bond donors (Lipinski definition) is 1. The molecule has 162 valence electrons. The molecule has 0 saturated carbocycles. The van der Waals surface area contributed by atoms with E-state index in [-0.39, 0.29) is 18.2 Å². The molecular formula is C21H28N4O4S. The zero-order valence-electron chi connectivity index (χ0n) is 17.8. The van der Waals surface area contributed by atoms with Crippen LogP contribution < -0.4 is 4.72 Å². The Bertz CT molecular complexity index is 1040. The standard InChI is InChI=1S/C21H28N4O4S/c1-5-17-11-16(7-6-10-22-30(4,26)27)8-9-18(17)19-12-25(24-23-19)13-20-28-14-21(2,3)15-29-20/h8-9,11-12,20,22H,5,10,13-15H2,1-4H3. The fraction of sp³-hybridized carbons (Fsp3) is 0.524. The molecular weight excluding hydrogens is 404 g/mol. The summed E-state index contributed by atoms with van der Waals surface area (Å²) in [6, 6.07) is 5.87. The van der Waals surface area contributed by atoms with Crippen LogP contribution >= 0.6 is 0 Å². The molecule has 9 heteroatoms. The molecule has 0 unspecified atom stereocenters. The van der Waals surface area contributed by atoms with Crippen LogP contribution in [0.5, 0.6) is 0 Å². The topological polar surface area (TPSA) is 95.3 Å². The van der Waals surface area contributed by atoms with Crippen LogP contribution in [0.15, 0.2) is 24.4 Å². The van der Waals surface area contributed by atoms with Crippen molar-refractivity contribution in [1.29, 1.82) is 0 Å². The zero-order valence-corrected chi connectivity index (χ0v) is 18.6. The predicted molar refractivity (Wildman–Crippen MR) is 114 cm³/mol. The fourth-order valence-electron chi connectivity index (χ4n) is 3.02. The summed E-state index contributed by atoms with van der Waals surface area (Å²) >= 11 is 0. The highest BCUT2D eigenvalue weighted by Gasteiger charge is 2.28. The van der Waals surface area contributed by atoms with Crippen LogP contribution in [-0.4, -0.2) is 55.7 Å². The van der Waals surface area contributed by atoms with Crippen molar-refractivity contribution in [1.82, 2.24) is 19.7 Å². The highest BCUT2D eigenvalue weighted by Crippen LogP contribution is 2.25. The van der Waals surface area contributed by atoms with Crippen LogP contribution in [0.25, 0.3) is 11.3 Å². The second-order valence-electron chi connectivity index (χ2n) is 8.16. The molecule has 0 aliphatic carbocycles. The molecule has 1 aliphatic rings. The quantitative estimate of drug-likeness (QED) is 0.700. The summed E-state index contributed by atoms with van der Waals surface area (Å²) in [4.78, 5) is 0. The number of sulfonamides is 1. The Morgan fingerprint density at radius 3 is 2.70 bits per heavy atom. The lowest BCUT2D eigenvalue weighted by Crippen LogP contribution is -2.39. The average Bonchev–Trinajstić information content (AvgIpc) is 3.14. The highest BCUT2D eigenvalue weighted by molar-refractivity contribution is 7.88. The molecule has 1 aliphatic heterocycles. The summed E-state index contributed by atoms with van der Waals surface area (Å²) in [5.41, 5.74) is 3.73. The third kappa shape index (κ3) is 6.37. The molecule has 3 rings (SSSR count). The van der Waals surface area contributed by atoms with E-state index in [0.29, 0.717) is 19.8 Å². The third-order valence-electron chi connectivity index (χ3n) is 4.61. The number of hydrogen-bond acceptors (Lipinski definition) is 6. The Balaban J connectivity index is 1.68. The minimum atomic E-state index is -3.24. The Morgan fingerprint density at radius 1 is 1.30 bits per heavy atom. The second kappa shape index (κ2) is 9.27. The first-order chi connectivity index (χ1) is 14.1. The smallest absolute Gasteiger partial charge is 0.209 e. The SMILES string of the molecule is CCc1cc(C#CCNS(C)(=O)=O)ccc1-c1cn(CC2OCC(C)(C)CO2)nn1. The van der Waals surface area contributed by atoms with Gasteiger partial charge in [0.05, 0.1) is 38.8 Å². The summed E-state index contributed by atoms with van der Waals surface area (Å²) < 4.78 is 37.8. The van der Waals surface area contributed by atoms with Crippen molar-refractivity contribution in [3.8, 4) is 23.1 Å². The van der Waals surface area contributed by atoms with Gasteiger partial charge in [-0.25, -0.2) is 17.8 Å². The van der Waals surface area contributed by atoms with Gasteiger partial charge in [-0.15, -0.1) is 5.10 Å². The van der Waals surface area contributed by atoms with E-state index in [0.717, 1.165) is 35.1 Å². The first-order valence-corrected chi connectivity index (χ1v) is 11.7. The van der Waals surface area contributed by atoms with Crippen LogP contribution in [0.4, 0.5) is 0 Å². The van der Waals surface area contributed by atoms with E-state index in [1.165, 1.54) is 0 Å². The lowest BCUT2D eigenvalue weighted by atomic mass is 9.96. The molecule has 0 radical (unpaired) electrons. The maximum absolute atomic E-state index is 11.1. The summed E-state index contributed by atoms with van der Waals surface area (Å²) in [5.74, 6) is 5.81. The monoisotopic (exact) mass is 432 g/mol. The molecule has 0 atom stereocenters. The molecule has 1 aromatic carbocycles. The summed E-state index contributed by atoms with van der Waals surface area (Å²) in [6.45, 7) is 8.17. The summed E-state index contributed by atoms with van der Waals surface area (Å²) in [7, 11) is -3.24. The molecule has 0 amide bonds. The van der Waals surface area contributed by atoms with Gasteiger partial charge in [-0.05, 0) is 24.1 Å². The van der Waals surface area contributed by atoms with E-state index in [1.807, 2.05) is 24.4 Å². The lowest BCUT2D eigenvalue weighted by molar-refractivity contribution is -0.227. The van der Waals surface area contributed by atoms with Gasteiger partial charge in [-0.1, -0.05) is 43.9 Å². The third-order valence-corrected chi connectivity index (χ3v) is 5.28. The maximum atomic E-state index is 11.1. The number of nitrogens with zero attached hydrogens (tertiary/aromatic N) is 3. The molecule has 1 saturated heterocycles. The highest BCUT2D eigenvalue weighted by atomic mass is 32.2. The van der Waals surface area contributed by atoms with Crippen LogP contribution in [0, 0.1) is 17.3 Å². The molecule has 2 heterocycles. The number of rotatable bonds is 6. The van der Waals surface area contributed by atoms with E-state index in [9.17, 15) is 8.42 Å². The van der Waals surface area contributed by atoms with Crippen molar-refractivity contribution in [3.63, 3.8) is 0 Å². The number of nitrogens with one attached hydrogen (secondary N) is 1. The predicted octanol–water partition coefficient (Wildman–Crippen LogP) is 1.81. The molecule has 8 nitrogen and oxygen atoms in total. The average molecular weight is 433 g/mol. The molecule has 0 spiro atoms. The first kappa shape index (κ1) is 22.4. The maximum Gasteiger partial charge on any atom is 0.209 e. The van der Waals surface area contributed by atoms with Gasteiger partial charge in [0.15, 0.2) is 6.29 Å². The van der Waals surface area contributed by atoms with Gasteiger partial charge < -0.3 is 9.47 Å². The van der Waals surface area contributed by atoms with Crippen molar-refractivity contribution in [2.75, 3.05) is 26.0 Å². The van der Waals surface area contributed by atoms with Gasteiger partial charge in [0.1, 0.15) is 5.69 Å². The van der Waals surface area contributed by atoms with Gasteiger partial charge in [0, 0.05) is 16.5 Å². The van der Waals surface area contributed by atoms with E-state index in [1.54, 1.807) is 4.68 Å². The number of aromatic nitrogens is 3. The normalized spacial score (nSPS) is 16.8. The molecule has 0 bridgehead atoms. The van der Waals surface area contributed by atoms with Crippen LogP contribution in [-0.2, 0) is 32.5 Å². The van der Waals surface area contributed by atoms with Crippen LogP contribution in [0.2, 0.25) is 0 Å². The van der Waals surface area contributed by atoms with Gasteiger partial charge in [0.25, 0.3) is 0 Å². The van der Waals surface area contributed by atoms with Crippen LogP contribution in [0.3, 0.4) is 0 Å². The Morgan fingerprint density at radius 2 is 2.03 bits per heavy atom. The van der Waals surface area contributed by atoms with Crippen molar-refractivity contribution in [2.24, 2.45) is 5.41 Å². The zero-order chi connectivity index (χ0) is 21.8. The van der Waals surface area contributed by atoms with Crippen molar-refractivity contribution in [2.45, 2.75) is 40.0 Å². The second-order valence-corrected chi connectivity index (χ2v) is 10.00. The minimum Gasteiger partial charge on any atom is -0.350 e. The number of aryl methyl sites for hydroxylation is 1. The van der Waals surface area contributed by atoms with E-state index in [2.05, 4.69) is 47.6 Å². The number of benzene rings is 1. The van der Waals surface area contributed by atoms with Crippen molar-refractivity contribution < 1.29 is 17.9 Å². The van der Waals surface area contributed by atoms with Gasteiger partial charge in [-0.2, -0.15) is 0 Å². The minimum absolute atomic E-state index is 0.0333. The van der Waals surface area contributed by atoms with Crippen LogP contribution in [0.1, 0.15) is 31.9 Å². The summed E-state index contributed by atoms with van der Waals surface area (Å²) in [6.07, 6.45) is 3.49.